The third-order valence-corrected chi connectivity index (χ3v) is 9.89. The monoisotopic (exact) mass is 631 g/mol. The number of likely N-dealkylation sites (tertiary alicyclic amines) is 2. The van der Waals surface area contributed by atoms with Crippen LogP contribution in [0.2, 0.25) is 0 Å². The van der Waals surface area contributed by atoms with Crippen LogP contribution in [0.5, 0.6) is 11.5 Å². The van der Waals surface area contributed by atoms with Gasteiger partial charge in [-0.3, -0.25) is 15.1 Å². The summed E-state index contributed by atoms with van der Waals surface area (Å²) in [5, 5.41) is 12.9. The second-order valence-corrected chi connectivity index (χ2v) is 11.9. The van der Waals surface area contributed by atoms with Gasteiger partial charge in [-0.2, -0.15) is 0 Å². The van der Waals surface area contributed by atoms with Crippen molar-refractivity contribution < 1.29 is 24.2 Å². The molecule has 0 aromatic heterocycles. The number of nitrogens with zero attached hydrogens (tertiary/aromatic N) is 4. The van der Waals surface area contributed by atoms with Gasteiger partial charge in [0.05, 0.1) is 0 Å². The molecule has 2 unspecified atom stereocenters. The number of amides is 2. The average molecular weight is 633 g/mol. The van der Waals surface area contributed by atoms with Gasteiger partial charge in [0.15, 0.2) is 11.5 Å². The minimum absolute atomic E-state index is 0. The van der Waals surface area contributed by atoms with Crippen LogP contribution in [0.1, 0.15) is 30.4 Å². The number of hydrogen-bond donors (Lipinski definition) is 2. The zero-order valence-electron chi connectivity index (χ0n) is 23.4. The molecule has 0 saturated carbocycles. The van der Waals surface area contributed by atoms with Gasteiger partial charge in [0.25, 0.3) is 5.91 Å². The van der Waals surface area contributed by atoms with Crippen LogP contribution in [0.3, 0.4) is 0 Å². The lowest BCUT2D eigenvalue weighted by Crippen LogP contribution is -2.64. The van der Waals surface area contributed by atoms with Gasteiger partial charge in [-0.1, -0.05) is 18.2 Å². The molecular formula is C28H40Cl3N5O5. The van der Waals surface area contributed by atoms with Crippen LogP contribution in [0.15, 0.2) is 24.3 Å². The van der Waals surface area contributed by atoms with Gasteiger partial charge in [-0.05, 0) is 58.0 Å². The molecule has 2 aliphatic carbocycles. The summed E-state index contributed by atoms with van der Waals surface area (Å²) in [5.74, 6) is 1.06. The zero-order valence-corrected chi connectivity index (χ0v) is 25.8. The summed E-state index contributed by atoms with van der Waals surface area (Å²) in [6.45, 7) is 4.71. The van der Waals surface area contributed by atoms with Gasteiger partial charge >= 0.3 is 6.09 Å². The number of nitrogens with one attached hydrogen (secondary N) is 1. The average Bonchev–Trinajstić information content (AvgIpc) is 3.53. The standard InChI is InChI=1S/C28H37N5O5.3ClH/c1-30-12-14-32(15-13-30)29-26(35)19-4-3-10-33(19)27(36)37-22-8-5-17-16-20-18-6-7-21(34)25-28(18,9-11-31(20)2)23(17)24(22)38-25;;;/h5-8,18-21,25,34H,3-4,9-16H2,1-2H3,(H,29,35);3*1H/t18?,19-,20?,21+,25+,28+;;;/m1.../s1. The molecule has 2 bridgehead atoms. The molecule has 41 heavy (non-hydrogen) atoms. The van der Waals surface area contributed by atoms with Crippen molar-refractivity contribution in [2.45, 2.75) is 55.4 Å². The molecule has 7 rings (SSSR count). The Hall–Kier alpha value is -1.79. The van der Waals surface area contributed by atoms with Gasteiger partial charge in [0.2, 0.25) is 0 Å². The van der Waals surface area contributed by atoms with Crippen molar-refractivity contribution >= 4 is 49.2 Å². The highest BCUT2D eigenvalue weighted by Gasteiger charge is 2.64. The summed E-state index contributed by atoms with van der Waals surface area (Å²) < 4.78 is 12.5. The highest BCUT2D eigenvalue weighted by molar-refractivity contribution is 5.87. The number of ether oxygens (including phenoxy) is 2. The normalized spacial score (nSPS) is 33.4. The first-order valence-electron chi connectivity index (χ1n) is 14.0. The zero-order chi connectivity index (χ0) is 26.2. The summed E-state index contributed by atoms with van der Waals surface area (Å²) in [6, 6.07) is 3.68. The van der Waals surface area contributed by atoms with Crippen LogP contribution in [0.4, 0.5) is 4.79 Å². The van der Waals surface area contributed by atoms with E-state index in [0.717, 1.165) is 57.5 Å². The number of hydrogen-bond acceptors (Lipinski definition) is 8. The fourth-order valence-electron chi connectivity index (χ4n) is 7.87. The van der Waals surface area contributed by atoms with Gasteiger partial charge in [0.1, 0.15) is 18.2 Å². The number of halogens is 3. The molecular weight excluding hydrogens is 593 g/mol. The molecule has 10 nitrogen and oxygen atoms in total. The van der Waals surface area contributed by atoms with Gasteiger partial charge < -0.3 is 24.4 Å². The summed E-state index contributed by atoms with van der Waals surface area (Å²) >= 11 is 0. The van der Waals surface area contributed by atoms with Crippen LogP contribution in [-0.4, -0.2) is 114 Å². The number of aliphatic hydroxyl groups is 1. The molecule has 4 aliphatic heterocycles. The Bertz CT molecular complexity index is 1200. The molecule has 3 fully saturated rings. The van der Waals surface area contributed by atoms with Crippen molar-refractivity contribution in [1.29, 1.82) is 0 Å². The van der Waals surface area contributed by atoms with E-state index in [9.17, 15) is 14.7 Å². The van der Waals surface area contributed by atoms with E-state index in [1.54, 1.807) is 4.90 Å². The molecule has 4 heterocycles. The molecule has 228 valence electrons. The molecule has 6 aliphatic rings. The third-order valence-electron chi connectivity index (χ3n) is 9.89. The van der Waals surface area contributed by atoms with Crippen LogP contribution in [0, 0.1) is 5.92 Å². The fourth-order valence-corrected chi connectivity index (χ4v) is 7.87. The number of carbonyl (C=O) groups is 2. The maximum atomic E-state index is 13.4. The Kier molecular flexibility index (Phi) is 9.46. The quantitative estimate of drug-likeness (QED) is 0.489. The Morgan fingerprint density at radius 3 is 2.56 bits per heavy atom. The highest BCUT2D eigenvalue weighted by atomic mass is 35.5. The first-order chi connectivity index (χ1) is 18.4. The van der Waals surface area contributed by atoms with E-state index in [1.807, 2.05) is 17.2 Å². The van der Waals surface area contributed by atoms with Crippen molar-refractivity contribution in [3.05, 3.63) is 35.4 Å². The van der Waals surface area contributed by atoms with Crippen molar-refractivity contribution in [2.75, 3.05) is 53.4 Å². The molecule has 1 aromatic carbocycles. The van der Waals surface area contributed by atoms with Crippen molar-refractivity contribution in [3.8, 4) is 11.5 Å². The van der Waals surface area contributed by atoms with E-state index >= 15 is 0 Å². The lowest BCUT2D eigenvalue weighted by Gasteiger charge is -2.56. The lowest BCUT2D eigenvalue weighted by molar-refractivity contribution is -0.130. The molecule has 2 N–H and O–H groups in total. The first kappa shape index (κ1) is 32.1. The third kappa shape index (κ3) is 4.99. The Labute approximate surface area is 259 Å². The minimum Gasteiger partial charge on any atom is -0.482 e. The summed E-state index contributed by atoms with van der Waals surface area (Å²) in [7, 11) is 4.25. The van der Waals surface area contributed by atoms with Gasteiger partial charge in [-0.15, -0.1) is 37.2 Å². The Balaban J connectivity index is 0.00000129. The summed E-state index contributed by atoms with van der Waals surface area (Å²) in [4.78, 5) is 32.7. The van der Waals surface area contributed by atoms with E-state index in [1.165, 1.54) is 5.56 Å². The maximum absolute atomic E-state index is 13.4. The Morgan fingerprint density at radius 2 is 1.80 bits per heavy atom. The van der Waals surface area contributed by atoms with Crippen LogP contribution >= 0.6 is 37.2 Å². The second kappa shape index (κ2) is 12.1. The largest absolute Gasteiger partial charge is 0.482 e. The SMILES string of the molecule is CN1CCN(NC(=O)[C@H]2CCCN2C(=O)Oc2ccc3c4c2O[C@H]2[C@@H](O)C=CC5C(C3)N(C)CC[C@@]452)CC1.Cl.Cl.Cl. The van der Waals surface area contributed by atoms with E-state index in [-0.39, 0.29) is 54.5 Å². The van der Waals surface area contributed by atoms with E-state index in [0.29, 0.717) is 30.5 Å². The summed E-state index contributed by atoms with van der Waals surface area (Å²) in [5.41, 5.74) is 5.02. The number of carbonyl (C=O) groups excluding carboxylic acids is 2. The predicted molar refractivity (Wildman–Crippen MR) is 161 cm³/mol. The number of benzene rings is 1. The van der Waals surface area contributed by atoms with E-state index in [2.05, 4.69) is 41.5 Å². The second-order valence-electron chi connectivity index (χ2n) is 11.9. The molecule has 13 heteroatoms. The number of piperazine rings is 1. The molecule has 0 radical (unpaired) electrons. The highest BCUT2D eigenvalue weighted by Crippen LogP contribution is 2.62. The topological polar surface area (TPSA) is 97.8 Å². The first-order valence-corrected chi connectivity index (χ1v) is 14.0. The molecule has 3 saturated heterocycles. The fraction of sp³-hybridized carbons (Fsp3) is 0.643. The number of aliphatic hydroxyl groups excluding tert-OH is 1. The minimum atomic E-state index is -0.710. The van der Waals surface area contributed by atoms with E-state index < -0.39 is 24.3 Å². The van der Waals surface area contributed by atoms with Crippen molar-refractivity contribution in [2.24, 2.45) is 5.92 Å². The lowest BCUT2D eigenvalue weighted by atomic mass is 9.53. The maximum Gasteiger partial charge on any atom is 0.416 e. The summed E-state index contributed by atoms with van der Waals surface area (Å²) in [6.07, 6.45) is 5.57. The Morgan fingerprint density at radius 1 is 1.05 bits per heavy atom. The number of rotatable bonds is 3. The molecule has 1 spiro atoms. The van der Waals surface area contributed by atoms with Crippen molar-refractivity contribution in [1.82, 2.24) is 25.1 Å². The predicted octanol–water partition coefficient (Wildman–Crippen LogP) is 2.00. The molecule has 1 aromatic rings. The smallest absolute Gasteiger partial charge is 0.416 e. The van der Waals surface area contributed by atoms with E-state index in [4.69, 9.17) is 9.47 Å². The van der Waals surface area contributed by atoms with Gasteiger partial charge in [0, 0.05) is 55.7 Å². The number of hydrazine groups is 1. The van der Waals surface area contributed by atoms with Crippen LogP contribution in [0.25, 0.3) is 0 Å². The van der Waals surface area contributed by atoms with Crippen LogP contribution < -0.4 is 14.9 Å². The van der Waals surface area contributed by atoms with Crippen molar-refractivity contribution in [3.63, 3.8) is 0 Å². The number of likely N-dealkylation sites (N-methyl/N-ethyl adjacent to an activating group) is 2. The van der Waals surface area contributed by atoms with Gasteiger partial charge in [-0.25, -0.2) is 9.80 Å². The molecule has 2 amide bonds. The number of piperidine rings is 1. The molecule has 6 atom stereocenters. The van der Waals surface area contributed by atoms with Crippen LogP contribution in [-0.2, 0) is 16.6 Å².